The third-order valence-corrected chi connectivity index (χ3v) is 3.88. The first-order chi connectivity index (χ1) is 14.0. The van der Waals surface area contributed by atoms with Gasteiger partial charge in [-0.15, -0.1) is 0 Å². The van der Waals surface area contributed by atoms with Crippen molar-refractivity contribution in [1.29, 1.82) is 0 Å². The number of rotatable bonds is 4. The van der Waals surface area contributed by atoms with Crippen LogP contribution in [0.5, 0.6) is 0 Å². The van der Waals surface area contributed by atoms with Crippen LogP contribution >= 0.6 is 0 Å². The summed E-state index contributed by atoms with van der Waals surface area (Å²) < 4.78 is 95.4. The lowest BCUT2D eigenvalue weighted by Crippen LogP contribution is -2.26. The second-order valence-electron chi connectivity index (χ2n) is 5.93. The first kappa shape index (κ1) is 21.3. The lowest BCUT2D eigenvalue weighted by Gasteiger charge is -2.11. The van der Waals surface area contributed by atoms with E-state index in [0.29, 0.717) is 6.07 Å². The fourth-order valence-corrected chi connectivity index (χ4v) is 2.48. The lowest BCUT2D eigenvalue weighted by molar-refractivity contribution is -0.138. The minimum Gasteiger partial charge on any atom is -0.345 e. The summed E-state index contributed by atoms with van der Waals surface area (Å²) in [5, 5.41) is 5.60. The number of hydrogen-bond acceptors (Lipinski definition) is 4. The second-order valence-corrected chi connectivity index (χ2v) is 5.93. The molecule has 0 saturated carbocycles. The summed E-state index contributed by atoms with van der Waals surface area (Å²) in [6.07, 6.45) is -9.48. The summed E-state index contributed by atoms with van der Waals surface area (Å²) in [5.74, 6) is -3.00. The van der Waals surface area contributed by atoms with Crippen LogP contribution in [0.2, 0.25) is 0 Å². The van der Waals surface area contributed by atoms with Gasteiger partial charge in [-0.2, -0.15) is 31.3 Å². The van der Waals surface area contributed by atoms with Crippen LogP contribution in [0.1, 0.15) is 27.3 Å². The summed E-state index contributed by atoms with van der Waals surface area (Å²) in [7, 11) is 0. The van der Waals surface area contributed by atoms with E-state index in [4.69, 9.17) is 4.52 Å². The first-order valence-corrected chi connectivity index (χ1v) is 8.11. The molecule has 2 aromatic carbocycles. The molecule has 1 heterocycles. The SMILES string of the molecule is O=C(NCc1noc(-c2ccc(C(F)(F)F)cc2F)n1)c1ccccc1C(F)(F)F. The molecule has 1 aromatic heterocycles. The number of nitrogens with one attached hydrogen (secondary N) is 1. The van der Waals surface area contributed by atoms with Crippen LogP contribution < -0.4 is 5.32 Å². The van der Waals surface area contributed by atoms with Crippen LogP contribution in [-0.4, -0.2) is 16.0 Å². The van der Waals surface area contributed by atoms with Crippen LogP contribution in [0, 0.1) is 5.82 Å². The van der Waals surface area contributed by atoms with Crippen LogP contribution in [0.15, 0.2) is 47.0 Å². The van der Waals surface area contributed by atoms with Crippen LogP contribution in [0.3, 0.4) is 0 Å². The molecule has 0 aliphatic heterocycles. The second kappa shape index (κ2) is 7.76. The van der Waals surface area contributed by atoms with Crippen LogP contribution in [-0.2, 0) is 18.9 Å². The molecule has 3 aromatic rings. The third-order valence-electron chi connectivity index (χ3n) is 3.88. The molecule has 0 unspecified atom stereocenters. The predicted octanol–water partition coefficient (Wildman–Crippen LogP) is 4.84. The van der Waals surface area contributed by atoms with E-state index in [0.717, 1.165) is 24.3 Å². The Bertz CT molecular complexity index is 1070. The Morgan fingerprint density at radius 2 is 1.70 bits per heavy atom. The molecule has 0 aliphatic rings. The molecule has 30 heavy (non-hydrogen) atoms. The molecular weight excluding hydrogens is 423 g/mol. The van der Waals surface area contributed by atoms with Crippen molar-refractivity contribution in [3.63, 3.8) is 0 Å². The van der Waals surface area contributed by atoms with Crippen LogP contribution in [0.4, 0.5) is 30.7 Å². The molecule has 12 heteroatoms. The van der Waals surface area contributed by atoms with Gasteiger partial charge in [0.05, 0.1) is 28.8 Å². The highest BCUT2D eigenvalue weighted by Crippen LogP contribution is 2.33. The number of nitrogens with zero attached hydrogens (tertiary/aromatic N) is 2. The minimum atomic E-state index is -4.74. The highest BCUT2D eigenvalue weighted by Gasteiger charge is 2.35. The summed E-state index contributed by atoms with van der Waals surface area (Å²) in [6.45, 7) is -0.462. The number of alkyl halides is 6. The van der Waals surface area contributed by atoms with E-state index in [9.17, 15) is 35.5 Å². The zero-order valence-corrected chi connectivity index (χ0v) is 14.6. The molecule has 0 radical (unpaired) electrons. The predicted molar refractivity (Wildman–Crippen MR) is 87.3 cm³/mol. The minimum absolute atomic E-state index is 0.220. The van der Waals surface area contributed by atoms with E-state index in [1.165, 1.54) is 6.07 Å². The van der Waals surface area contributed by atoms with Crippen molar-refractivity contribution in [2.24, 2.45) is 0 Å². The number of halogens is 7. The van der Waals surface area contributed by atoms with E-state index in [1.807, 2.05) is 0 Å². The molecule has 0 saturated heterocycles. The van der Waals surface area contributed by atoms with Gasteiger partial charge >= 0.3 is 12.4 Å². The number of benzene rings is 2. The Kier molecular flexibility index (Phi) is 5.51. The monoisotopic (exact) mass is 433 g/mol. The molecular formula is C18H10F7N3O2. The smallest absolute Gasteiger partial charge is 0.345 e. The quantitative estimate of drug-likeness (QED) is 0.598. The van der Waals surface area contributed by atoms with E-state index in [2.05, 4.69) is 15.5 Å². The Hall–Kier alpha value is -3.44. The average molecular weight is 433 g/mol. The van der Waals surface area contributed by atoms with Gasteiger partial charge < -0.3 is 9.84 Å². The van der Waals surface area contributed by atoms with Crippen LogP contribution in [0.25, 0.3) is 11.5 Å². The van der Waals surface area contributed by atoms with Crippen molar-refractivity contribution < 1.29 is 40.1 Å². The molecule has 0 spiro atoms. The van der Waals surface area contributed by atoms with Crippen molar-refractivity contribution in [3.05, 3.63) is 70.8 Å². The maximum absolute atomic E-state index is 14.0. The molecule has 0 atom stereocenters. The number of carbonyl (C=O) groups excluding carboxylic acids is 1. The van der Waals surface area contributed by atoms with E-state index < -0.39 is 58.8 Å². The molecule has 3 rings (SSSR count). The molecule has 1 N–H and O–H groups in total. The first-order valence-electron chi connectivity index (χ1n) is 8.11. The number of amides is 1. The number of carbonyl (C=O) groups is 1. The fraction of sp³-hybridized carbons (Fsp3) is 0.167. The topological polar surface area (TPSA) is 68.0 Å². The summed E-state index contributed by atoms with van der Waals surface area (Å²) in [4.78, 5) is 15.8. The molecule has 0 fully saturated rings. The lowest BCUT2D eigenvalue weighted by atomic mass is 10.1. The van der Waals surface area contributed by atoms with Gasteiger partial charge in [0.2, 0.25) is 0 Å². The normalized spacial score (nSPS) is 12.1. The average Bonchev–Trinajstić information content (AvgIpc) is 3.13. The zero-order chi connectivity index (χ0) is 22.1. The number of hydrogen-bond donors (Lipinski definition) is 1. The van der Waals surface area contributed by atoms with Crippen molar-refractivity contribution in [3.8, 4) is 11.5 Å². The molecule has 158 valence electrons. The van der Waals surface area contributed by atoms with Crippen molar-refractivity contribution in [2.45, 2.75) is 18.9 Å². The van der Waals surface area contributed by atoms with Gasteiger partial charge in [-0.25, -0.2) is 4.39 Å². The van der Waals surface area contributed by atoms with E-state index >= 15 is 0 Å². The molecule has 0 aliphatic carbocycles. The van der Waals surface area contributed by atoms with Gasteiger partial charge in [0.25, 0.3) is 11.8 Å². The van der Waals surface area contributed by atoms with Gasteiger partial charge in [0.15, 0.2) is 5.82 Å². The maximum Gasteiger partial charge on any atom is 0.417 e. The summed E-state index contributed by atoms with van der Waals surface area (Å²) in [5.41, 5.74) is -3.37. The highest BCUT2D eigenvalue weighted by atomic mass is 19.4. The Morgan fingerprint density at radius 1 is 1.00 bits per heavy atom. The van der Waals surface area contributed by atoms with Crippen molar-refractivity contribution in [2.75, 3.05) is 0 Å². The van der Waals surface area contributed by atoms with E-state index in [1.54, 1.807) is 0 Å². The Balaban J connectivity index is 1.74. The molecule has 1 amide bonds. The molecule has 0 bridgehead atoms. The third kappa shape index (κ3) is 4.58. The largest absolute Gasteiger partial charge is 0.417 e. The Labute approximate surface area is 163 Å². The van der Waals surface area contributed by atoms with Crippen molar-refractivity contribution >= 4 is 5.91 Å². The standard InChI is InChI=1S/C18H10F7N3O2/c19-13-7-9(17(20,21)22)5-6-11(13)16-27-14(28-30-16)8-26-15(29)10-3-1-2-4-12(10)18(23,24)25/h1-7H,8H2,(H,26,29). The Morgan fingerprint density at radius 3 is 2.33 bits per heavy atom. The van der Waals surface area contributed by atoms with Gasteiger partial charge in [0.1, 0.15) is 5.82 Å². The number of aromatic nitrogens is 2. The van der Waals surface area contributed by atoms with E-state index in [-0.39, 0.29) is 11.9 Å². The van der Waals surface area contributed by atoms with Gasteiger partial charge in [-0.1, -0.05) is 17.3 Å². The van der Waals surface area contributed by atoms with Gasteiger partial charge in [0, 0.05) is 0 Å². The van der Waals surface area contributed by atoms with Crippen molar-refractivity contribution in [1.82, 2.24) is 15.5 Å². The van der Waals surface area contributed by atoms with Gasteiger partial charge in [-0.3, -0.25) is 4.79 Å². The highest BCUT2D eigenvalue weighted by molar-refractivity contribution is 5.95. The molecule has 5 nitrogen and oxygen atoms in total. The fourth-order valence-electron chi connectivity index (χ4n) is 2.48. The summed E-state index contributed by atoms with van der Waals surface area (Å²) in [6, 6.07) is 5.79. The maximum atomic E-state index is 14.0. The summed E-state index contributed by atoms with van der Waals surface area (Å²) >= 11 is 0. The van der Waals surface area contributed by atoms with Gasteiger partial charge in [-0.05, 0) is 30.3 Å². The zero-order valence-electron chi connectivity index (χ0n) is 14.6.